The Morgan fingerprint density at radius 2 is 2.00 bits per heavy atom. The van der Waals surface area contributed by atoms with Crippen molar-refractivity contribution in [1.82, 2.24) is 14.3 Å². The summed E-state index contributed by atoms with van der Waals surface area (Å²) in [4.78, 5) is 19.7. The van der Waals surface area contributed by atoms with Crippen molar-refractivity contribution in [3.63, 3.8) is 0 Å². The number of hydrogen-bond donors (Lipinski definition) is 1. The number of hydrogen-bond acceptors (Lipinski definition) is 6. The molecule has 2 heterocycles. The van der Waals surface area contributed by atoms with E-state index in [0.717, 1.165) is 4.31 Å². The highest BCUT2D eigenvalue weighted by Gasteiger charge is 2.60. The van der Waals surface area contributed by atoms with Crippen molar-refractivity contribution in [1.29, 1.82) is 0 Å². The van der Waals surface area contributed by atoms with Gasteiger partial charge in [-0.05, 0) is 20.8 Å². The van der Waals surface area contributed by atoms with Crippen LogP contribution >= 0.6 is 0 Å². The van der Waals surface area contributed by atoms with Crippen molar-refractivity contribution in [2.45, 2.75) is 32.1 Å². The van der Waals surface area contributed by atoms with Crippen molar-refractivity contribution in [3.05, 3.63) is 17.6 Å². The third-order valence-corrected chi connectivity index (χ3v) is 5.22. The lowest BCUT2D eigenvalue weighted by Gasteiger charge is -2.42. The van der Waals surface area contributed by atoms with Gasteiger partial charge in [0.1, 0.15) is 5.82 Å². The highest BCUT2D eigenvalue weighted by molar-refractivity contribution is 7.94. The molecule has 18 heavy (non-hydrogen) atoms. The lowest BCUT2D eigenvalue weighted by molar-refractivity contribution is -0.132. The fourth-order valence-corrected chi connectivity index (χ4v) is 3.25. The molecule has 0 radical (unpaired) electrons. The number of sulfonamides is 1. The Hall–Kier alpha value is -1.70. The van der Waals surface area contributed by atoms with E-state index in [1.165, 1.54) is 13.8 Å². The highest BCUT2D eigenvalue weighted by Crippen LogP contribution is 2.35. The van der Waals surface area contributed by atoms with Gasteiger partial charge in [0, 0.05) is 11.8 Å². The maximum atomic E-state index is 11.9. The molecular weight excluding hydrogens is 256 g/mol. The van der Waals surface area contributed by atoms with E-state index in [9.17, 15) is 13.2 Å². The van der Waals surface area contributed by atoms with E-state index in [2.05, 4.69) is 9.97 Å². The third-order valence-electron chi connectivity index (χ3n) is 2.88. The SMILES string of the molecule is Cc1cc(N)nc(CN2C(=O)C(C)(C)S2(=O)=O)n1. The summed E-state index contributed by atoms with van der Waals surface area (Å²) in [5.41, 5.74) is 6.17. The minimum atomic E-state index is -3.61. The fraction of sp³-hybridized carbons (Fsp3) is 0.500. The van der Waals surface area contributed by atoms with Crippen LogP contribution < -0.4 is 5.73 Å². The molecule has 0 bridgehead atoms. The second-order valence-corrected chi connectivity index (χ2v) is 7.09. The van der Waals surface area contributed by atoms with Gasteiger partial charge in [0.15, 0.2) is 10.6 Å². The van der Waals surface area contributed by atoms with Crippen LogP contribution in [0.1, 0.15) is 25.4 Å². The normalized spacial score (nSPS) is 20.6. The van der Waals surface area contributed by atoms with Gasteiger partial charge in [-0.2, -0.15) is 0 Å². The first-order valence-electron chi connectivity index (χ1n) is 5.33. The molecule has 0 atom stereocenters. The summed E-state index contributed by atoms with van der Waals surface area (Å²) in [7, 11) is -3.61. The van der Waals surface area contributed by atoms with Gasteiger partial charge in [0.25, 0.3) is 15.9 Å². The van der Waals surface area contributed by atoms with Crippen LogP contribution in [-0.2, 0) is 21.4 Å². The molecule has 0 unspecified atom stereocenters. The number of nitrogens with two attached hydrogens (primary N) is 1. The van der Waals surface area contributed by atoms with Crippen LogP contribution in [0.5, 0.6) is 0 Å². The molecule has 0 spiro atoms. The molecule has 0 aliphatic carbocycles. The summed E-state index contributed by atoms with van der Waals surface area (Å²) in [5.74, 6) is 0.0215. The first kappa shape index (κ1) is 12.7. The van der Waals surface area contributed by atoms with E-state index in [0.29, 0.717) is 5.69 Å². The molecule has 1 aromatic heterocycles. The number of nitrogen functional groups attached to an aromatic ring is 1. The zero-order chi connectivity index (χ0) is 13.7. The van der Waals surface area contributed by atoms with Gasteiger partial charge in [0.2, 0.25) is 0 Å². The molecular formula is C10H14N4O3S. The van der Waals surface area contributed by atoms with Crippen molar-refractivity contribution in [2.75, 3.05) is 5.73 Å². The quantitative estimate of drug-likeness (QED) is 0.798. The van der Waals surface area contributed by atoms with Gasteiger partial charge in [-0.1, -0.05) is 0 Å². The summed E-state index contributed by atoms with van der Waals surface area (Å²) >= 11 is 0. The second-order valence-electron chi connectivity index (χ2n) is 4.68. The Labute approximate surface area is 105 Å². The van der Waals surface area contributed by atoms with Crippen molar-refractivity contribution >= 4 is 21.7 Å². The average Bonchev–Trinajstić information content (AvgIpc) is 2.23. The molecule has 0 saturated carbocycles. The number of aryl methyl sites for hydroxylation is 1. The van der Waals surface area contributed by atoms with E-state index in [1.807, 2.05) is 0 Å². The molecule has 1 aromatic rings. The summed E-state index contributed by atoms with van der Waals surface area (Å²) in [5, 5.41) is 0. The Morgan fingerprint density at radius 3 is 2.50 bits per heavy atom. The summed E-state index contributed by atoms with van der Waals surface area (Å²) in [6, 6.07) is 1.57. The highest BCUT2D eigenvalue weighted by atomic mass is 32.2. The number of anilines is 1. The Balaban J connectivity index is 2.29. The predicted molar refractivity (Wildman–Crippen MR) is 64.7 cm³/mol. The molecule has 7 nitrogen and oxygen atoms in total. The summed E-state index contributed by atoms with van der Waals surface area (Å²) in [6.45, 7) is 4.31. The predicted octanol–water partition coefficient (Wildman–Crippen LogP) is -0.182. The molecule has 2 rings (SSSR count). The second kappa shape index (κ2) is 3.64. The average molecular weight is 270 g/mol. The molecule has 1 fully saturated rings. The van der Waals surface area contributed by atoms with Crippen LogP contribution in [0.15, 0.2) is 6.07 Å². The van der Waals surface area contributed by atoms with Gasteiger partial charge >= 0.3 is 0 Å². The first-order valence-corrected chi connectivity index (χ1v) is 6.77. The van der Waals surface area contributed by atoms with Gasteiger partial charge in [0.05, 0.1) is 6.54 Å². The van der Waals surface area contributed by atoms with E-state index in [-0.39, 0.29) is 18.2 Å². The van der Waals surface area contributed by atoms with Crippen LogP contribution in [0, 0.1) is 6.92 Å². The number of aromatic nitrogens is 2. The molecule has 1 aliphatic heterocycles. The maximum absolute atomic E-state index is 11.9. The van der Waals surface area contributed by atoms with Gasteiger partial charge in [-0.15, -0.1) is 0 Å². The maximum Gasteiger partial charge on any atom is 0.259 e. The van der Waals surface area contributed by atoms with Crippen molar-refractivity contribution in [3.8, 4) is 0 Å². The number of carbonyl (C=O) groups excluding carboxylic acids is 1. The minimum Gasteiger partial charge on any atom is -0.384 e. The fourth-order valence-electron chi connectivity index (χ4n) is 1.77. The Bertz CT molecular complexity index is 604. The minimum absolute atomic E-state index is 0.170. The van der Waals surface area contributed by atoms with Crippen LogP contribution in [0.4, 0.5) is 5.82 Å². The molecule has 1 amide bonds. The molecule has 0 aromatic carbocycles. The van der Waals surface area contributed by atoms with E-state index in [4.69, 9.17) is 5.73 Å². The van der Waals surface area contributed by atoms with E-state index in [1.54, 1.807) is 13.0 Å². The third kappa shape index (κ3) is 1.64. The molecule has 8 heteroatoms. The van der Waals surface area contributed by atoms with Crippen LogP contribution in [-0.4, -0.2) is 33.3 Å². The van der Waals surface area contributed by atoms with Crippen molar-refractivity contribution in [2.24, 2.45) is 0 Å². The number of nitrogens with zero attached hydrogens (tertiary/aromatic N) is 3. The lowest BCUT2D eigenvalue weighted by atomic mass is 10.2. The smallest absolute Gasteiger partial charge is 0.259 e. The number of carbonyl (C=O) groups is 1. The lowest BCUT2D eigenvalue weighted by Crippen LogP contribution is -2.66. The summed E-state index contributed by atoms with van der Waals surface area (Å²) in [6.07, 6.45) is 0. The Morgan fingerprint density at radius 1 is 1.39 bits per heavy atom. The molecule has 1 aliphatic rings. The van der Waals surface area contributed by atoms with Gasteiger partial charge in [-0.25, -0.2) is 22.7 Å². The largest absolute Gasteiger partial charge is 0.384 e. The summed E-state index contributed by atoms with van der Waals surface area (Å²) < 4.78 is 23.2. The first-order chi connectivity index (χ1) is 8.16. The van der Waals surface area contributed by atoms with Crippen molar-refractivity contribution < 1.29 is 13.2 Å². The van der Waals surface area contributed by atoms with Crippen LogP contribution in [0.2, 0.25) is 0 Å². The van der Waals surface area contributed by atoms with Gasteiger partial charge in [-0.3, -0.25) is 4.79 Å². The Kier molecular flexibility index (Phi) is 2.58. The zero-order valence-electron chi connectivity index (χ0n) is 10.3. The monoisotopic (exact) mass is 270 g/mol. The van der Waals surface area contributed by atoms with Crippen LogP contribution in [0.3, 0.4) is 0 Å². The number of amides is 1. The standard InChI is InChI=1S/C10H14N4O3S/c1-6-4-7(11)13-8(12-6)5-14-9(15)10(2,3)18(14,16)17/h4H,5H2,1-3H3,(H2,11,12,13). The van der Waals surface area contributed by atoms with Crippen LogP contribution in [0.25, 0.3) is 0 Å². The molecule has 2 N–H and O–H groups in total. The van der Waals surface area contributed by atoms with E-state index < -0.39 is 20.7 Å². The molecule has 98 valence electrons. The van der Waals surface area contributed by atoms with Gasteiger partial charge < -0.3 is 5.73 Å². The molecule has 1 saturated heterocycles. The zero-order valence-corrected chi connectivity index (χ0v) is 11.2. The van der Waals surface area contributed by atoms with E-state index >= 15 is 0 Å². The topological polar surface area (TPSA) is 106 Å². The number of rotatable bonds is 2.